The van der Waals surface area contributed by atoms with Crippen LogP contribution in [0.25, 0.3) is 11.1 Å². The van der Waals surface area contributed by atoms with Crippen molar-refractivity contribution in [2.75, 3.05) is 0 Å². The van der Waals surface area contributed by atoms with Gasteiger partial charge in [-0.25, -0.2) is 4.98 Å². The Morgan fingerprint density at radius 1 is 0.857 bits per heavy atom. The first-order chi connectivity index (χ1) is 9.59. The van der Waals surface area contributed by atoms with Crippen molar-refractivity contribution in [2.24, 2.45) is 0 Å². The van der Waals surface area contributed by atoms with Gasteiger partial charge in [0.2, 0.25) is 0 Å². The second-order valence-electron chi connectivity index (χ2n) is 4.11. The van der Waals surface area contributed by atoms with E-state index >= 15 is 0 Å². The molecule has 112 valence electrons. The molecule has 1 aromatic heterocycles. The van der Waals surface area contributed by atoms with Crippen LogP contribution >= 0.6 is 22.6 Å². The first-order valence-corrected chi connectivity index (χ1v) is 6.58. The Morgan fingerprint density at radius 3 is 2.05 bits per heavy atom. The standard InChI is InChI=1S/C13H6F6IN/c14-12(15,16)8-3-1-2-7(6-8)9-4-5-10(13(17,18)19)21-11(9)20/h1-6H. The zero-order chi connectivity index (χ0) is 15.8. The number of benzene rings is 1. The van der Waals surface area contributed by atoms with Gasteiger partial charge in [0.25, 0.3) is 0 Å². The normalized spacial score (nSPS) is 12.5. The maximum absolute atomic E-state index is 12.6. The summed E-state index contributed by atoms with van der Waals surface area (Å²) in [5.41, 5.74) is -1.57. The van der Waals surface area contributed by atoms with Gasteiger partial charge in [-0.3, -0.25) is 0 Å². The van der Waals surface area contributed by atoms with E-state index in [4.69, 9.17) is 0 Å². The van der Waals surface area contributed by atoms with E-state index in [2.05, 4.69) is 4.98 Å². The number of aromatic nitrogens is 1. The Labute approximate surface area is 129 Å². The van der Waals surface area contributed by atoms with Crippen LogP contribution in [0.15, 0.2) is 36.4 Å². The molecule has 0 saturated heterocycles. The van der Waals surface area contributed by atoms with Crippen molar-refractivity contribution in [3.63, 3.8) is 0 Å². The molecule has 0 aliphatic heterocycles. The van der Waals surface area contributed by atoms with Gasteiger partial charge >= 0.3 is 12.4 Å². The van der Waals surface area contributed by atoms with E-state index in [1.807, 2.05) is 0 Å². The Kier molecular flexibility index (Phi) is 4.18. The molecule has 0 N–H and O–H groups in total. The molecule has 0 aliphatic carbocycles. The second kappa shape index (κ2) is 5.47. The molecule has 0 amide bonds. The minimum Gasteiger partial charge on any atom is -0.237 e. The van der Waals surface area contributed by atoms with E-state index in [1.165, 1.54) is 12.1 Å². The summed E-state index contributed by atoms with van der Waals surface area (Å²) in [7, 11) is 0. The fourth-order valence-corrected chi connectivity index (χ4v) is 2.42. The average molecular weight is 417 g/mol. The van der Waals surface area contributed by atoms with Crippen molar-refractivity contribution in [1.82, 2.24) is 4.98 Å². The van der Waals surface area contributed by atoms with Crippen molar-refractivity contribution >= 4 is 22.6 Å². The summed E-state index contributed by atoms with van der Waals surface area (Å²) >= 11 is 1.57. The van der Waals surface area contributed by atoms with Gasteiger partial charge in [-0.1, -0.05) is 12.1 Å². The summed E-state index contributed by atoms with van der Waals surface area (Å²) < 4.78 is 75.4. The van der Waals surface area contributed by atoms with E-state index in [-0.39, 0.29) is 14.8 Å². The van der Waals surface area contributed by atoms with Crippen LogP contribution in [0.1, 0.15) is 11.3 Å². The van der Waals surface area contributed by atoms with Crippen LogP contribution < -0.4 is 0 Å². The third kappa shape index (κ3) is 3.66. The van der Waals surface area contributed by atoms with E-state index in [1.54, 1.807) is 22.6 Å². The topological polar surface area (TPSA) is 12.9 Å². The molecule has 0 radical (unpaired) electrons. The SMILES string of the molecule is FC(F)(F)c1cccc(-c2ccc(C(F)(F)F)nc2I)c1. The van der Waals surface area contributed by atoms with Gasteiger partial charge in [-0.05, 0) is 52.4 Å². The van der Waals surface area contributed by atoms with Crippen LogP contribution in [-0.4, -0.2) is 4.98 Å². The molecule has 0 atom stereocenters. The van der Waals surface area contributed by atoms with Crippen molar-refractivity contribution in [3.8, 4) is 11.1 Å². The van der Waals surface area contributed by atoms with Crippen LogP contribution in [0.2, 0.25) is 0 Å². The van der Waals surface area contributed by atoms with Gasteiger partial charge in [0, 0.05) is 5.56 Å². The van der Waals surface area contributed by atoms with E-state index in [0.717, 1.165) is 24.3 Å². The maximum Gasteiger partial charge on any atom is 0.433 e. The molecule has 0 aliphatic rings. The quantitative estimate of drug-likeness (QED) is 0.345. The molecule has 2 aromatic rings. The average Bonchev–Trinajstić information content (AvgIpc) is 2.36. The summed E-state index contributed by atoms with van der Waals surface area (Å²) in [5, 5.41) is 0. The minimum absolute atomic E-state index is 0.0123. The maximum atomic E-state index is 12.6. The zero-order valence-corrected chi connectivity index (χ0v) is 12.2. The zero-order valence-electron chi connectivity index (χ0n) is 10.1. The number of hydrogen-bond donors (Lipinski definition) is 0. The van der Waals surface area contributed by atoms with E-state index in [0.29, 0.717) is 0 Å². The van der Waals surface area contributed by atoms with E-state index < -0.39 is 23.6 Å². The van der Waals surface area contributed by atoms with Crippen LogP contribution in [0, 0.1) is 3.70 Å². The van der Waals surface area contributed by atoms with Gasteiger partial charge in [0.1, 0.15) is 9.39 Å². The minimum atomic E-state index is -4.59. The van der Waals surface area contributed by atoms with Gasteiger partial charge in [0.15, 0.2) is 0 Å². The lowest BCUT2D eigenvalue weighted by Gasteiger charge is -2.11. The Bertz CT molecular complexity index is 662. The van der Waals surface area contributed by atoms with Crippen LogP contribution in [0.3, 0.4) is 0 Å². The molecule has 0 saturated carbocycles. The van der Waals surface area contributed by atoms with Crippen molar-refractivity contribution in [2.45, 2.75) is 12.4 Å². The second-order valence-corrected chi connectivity index (χ2v) is 5.13. The van der Waals surface area contributed by atoms with Crippen molar-refractivity contribution in [3.05, 3.63) is 51.4 Å². The number of rotatable bonds is 1. The number of hydrogen-bond acceptors (Lipinski definition) is 1. The third-order valence-electron chi connectivity index (χ3n) is 2.64. The highest BCUT2D eigenvalue weighted by molar-refractivity contribution is 14.1. The largest absolute Gasteiger partial charge is 0.433 e. The first-order valence-electron chi connectivity index (χ1n) is 5.50. The van der Waals surface area contributed by atoms with Crippen molar-refractivity contribution < 1.29 is 26.3 Å². The van der Waals surface area contributed by atoms with E-state index in [9.17, 15) is 26.3 Å². The molecule has 0 fully saturated rings. The predicted octanol–water partition coefficient (Wildman–Crippen LogP) is 5.39. The lowest BCUT2D eigenvalue weighted by Crippen LogP contribution is -2.09. The van der Waals surface area contributed by atoms with Crippen LogP contribution in [0.5, 0.6) is 0 Å². The lowest BCUT2D eigenvalue weighted by molar-refractivity contribution is -0.141. The first kappa shape index (κ1) is 16.1. The smallest absolute Gasteiger partial charge is 0.237 e. The molecule has 8 heteroatoms. The molecule has 21 heavy (non-hydrogen) atoms. The van der Waals surface area contributed by atoms with Crippen LogP contribution in [-0.2, 0) is 12.4 Å². The molecule has 0 unspecified atom stereocenters. The lowest BCUT2D eigenvalue weighted by atomic mass is 10.0. The molecular formula is C13H6F6IN. The highest BCUT2D eigenvalue weighted by Gasteiger charge is 2.33. The van der Waals surface area contributed by atoms with Gasteiger partial charge in [0.05, 0.1) is 5.56 Å². The molecule has 2 rings (SSSR count). The number of nitrogens with zero attached hydrogens (tertiary/aromatic N) is 1. The predicted molar refractivity (Wildman–Crippen MR) is 72.4 cm³/mol. The fraction of sp³-hybridized carbons (Fsp3) is 0.154. The molecule has 1 heterocycles. The monoisotopic (exact) mass is 417 g/mol. The fourth-order valence-electron chi connectivity index (χ4n) is 1.67. The molecular weight excluding hydrogens is 411 g/mol. The highest BCUT2D eigenvalue weighted by Crippen LogP contribution is 2.35. The number of alkyl halides is 6. The van der Waals surface area contributed by atoms with Gasteiger partial charge < -0.3 is 0 Å². The molecule has 1 aromatic carbocycles. The van der Waals surface area contributed by atoms with Crippen molar-refractivity contribution in [1.29, 1.82) is 0 Å². The third-order valence-corrected chi connectivity index (χ3v) is 3.46. The Hall–Kier alpha value is -1.32. The molecule has 0 spiro atoms. The number of halogens is 7. The summed E-state index contributed by atoms with van der Waals surface area (Å²) in [6, 6.07) is 6.23. The number of pyridine rings is 1. The summed E-state index contributed by atoms with van der Waals surface area (Å²) in [4.78, 5) is 3.39. The molecule has 1 nitrogen and oxygen atoms in total. The summed E-state index contributed by atoms with van der Waals surface area (Å²) in [6.45, 7) is 0. The Morgan fingerprint density at radius 2 is 1.52 bits per heavy atom. The molecule has 0 bridgehead atoms. The van der Waals surface area contributed by atoms with Gasteiger partial charge in [-0.15, -0.1) is 0 Å². The highest BCUT2D eigenvalue weighted by atomic mass is 127. The van der Waals surface area contributed by atoms with Gasteiger partial charge in [-0.2, -0.15) is 26.3 Å². The van der Waals surface area contributed by atoms with Crippen LogP contribution in [0.4, 0.5) is 26.3 Å². The Balaban J connectivity index is 2.48. The summed E-state index contributed by atoms with van der Waals surface area (Å²) in [5.74, 6) is 0. The summed E-state index contributed by atoms with van der Waals surface area (Å²) in [6.07, 6.45) is -9.10.